The van der Waals surface area contributed by atoms with Gasteiger partial charge in [0.2, 0.25) is 5.91 Å². The van der Waals surface area contributed by atoms with Crippen molar-refractivity contribution in [1.82, 2.24) is 0 Å². The van der Waals surface area contributed by atoms with E-state index in [1.54, 1.807) is 19.2 Å². The molecule has 0 aromatic heterocycles. The van der Waals surface area contributed by atoms with Gasteiger partial charge in [0.1, 0.15) is 5.69 Å². The highest BCUT2D eigenvalue weighted by Crippen LogP contribution is 2.30. The predicted octanol–water partition coefficient (Wildman–Crippen LogP) is 2.42. The largest absolute Gasteiger partial charge is 0.381 e. The molecule has 1 aromatic carbocycles. The second-order valence-corrected chi connectivity index (χ2v) is 5.47. The van der Waals surface area contributed by atoms with Crippen LogP contribution in [0, 0.1) is 16.0 Å². The van der Waals surface area contributed by atoms with E-state index >= 15 is 0 Å². The first-order valence-corrected chi connectivity index (χ1v) is 7.33. The van der Waals surface area contributed by atoms with E-state index in [1.165, 1.54) is 17.9 Å². The van der Waals surface area contributed by atoms with Gasteiger partial charge in [-0.2, -0.15) is 0 Å². The molecule has 0 saturated carbocycles. The maximum absolute atomic E-state index is 11.4. The molecule has 1 N–H and O–H groups in total. The molecule has 0 aliphatic carbocycles. The average Bonchev–Trinajstić information content (AvgIpc) is 2.52. The van der Waals surface area contributed by atoms with Crippen molar-refractivity contribution in [3.63, 3.8) is 0 Å². The van der Waals surface area contributed by atoms with Gasteiger partial charge in [0.25, 0.3) is 5.69 Å². The molecule has 120 valence electrons. The van der Waals surface area contributed by atoms with Crippen LogP contribution in [0.25, 0.3) is 0 Å². The van der Waals surface area contributed by atoms with Gasteiger partial charge >= 0.3 is 0 Å². The first-order valence-electron chi connectivity index (χ1n) is 7.33. The Morgan fingerprint density at radius 3 is 2.73 bits per heavy atom. The first-order chi connectivity index (χ1) is 10.5. The summed E-state index contributed by atoms with van der Waals surface area (Å²) < 4.78 is 5.30. The number of benzene rings is 1. The minimum Gasteiger partial charge on any atom is -0.381 e. The number of nitrogens with zero attached hydrogens (tertiary/aromatic N) is 2. The van der Waals surface area contributed by atoms with Crippen molar-refractivity contribution >= 4 is 23.0 Å². The number of amides is 1. The number of nitrogens with one attached hydrogen (secondary N) is 1. The highest BCUT2D eigenvalue weighted by atomic mass is 16.6. The molecule has 0 atom stereocenters. The van der Waals surface area contributed by atoms with Crippen LogP contribution in [0.15, 0.2) is 18.2 Å². The maximum atomic E-state index is 11.4. The number of anilines is 2. The summed E-state index contributed by atoms with van der Waals surface area (Å²) in [6.07, 6.45) is 1.93. The third kappa shape index (κ3) is 3.94. The fraction of sp³-hybridized carbons (Fsp3) is 0.533. The quantitative estimate of drug-likeness (QED) is 0.667. The van der Waals surface area contributed by atoms with Gasteiger partial charge in [0.05, 0.1) is 10.6 Å². The average molecular weight is 307 g/mol. The Balaban J connectivity index is 2.12. The van der Waals surface area contributed by atoms with E-state index in [-0.39, 0.29) is 11.6 Å². The Hall–Kier alpha value is -2.15. The monoisotopic (exact) mass is 307 g/mol. The zero-order valence-electron chi connectivity index (χ0n) is 12.9. The van der Waals surface area contributed by atoms with Gasteiger partial charge in [-0.05, 0) is 30.9 Å². The van der Waals surface area contributed by atoms with Gasteiger partial charge in [0, 0.05) is 39.8 Å². The van der Waals surface area contributed by atoms with E-state index in [4.69, 9.17) is 4.74 Å². The molecule has 1 aliphatic rings. The molecule has 7 nitrogen and oxygen atoms in total. The Labute approximate surface area is 129 Å². The highest BCUT2D eigenvalue weighted by molar-refractivity contribution is 5.91. The van der Waals surface area contributed by atoms with Gasteiger partial charge < -0.3 is 15.0 Å². The number of nitro benzene ring substituents is 1. The molecule has 1 saturated heterocycles. The third-order valence-electron chi connectivity index (χ3n) is 3.96. The lowest BCUT2D eigenvalue weighted by atomic mass is 10.0. The fourth-order valence-corrected chi connectivity index (χ4v) is 2.42. The van der Waals surface area contributed by atoms with Crippen molar-refractivity contribution in [1.29, 1.82) is 0 Å². The normalized spacial score (nSPS) is 15.4. The number of nitro groups is 1. The van der Waals surface area contributed by atoms with E-state index in [1.807, 2.05) is 0 Å². The molecule has 0 bridgehead atoms. The number of hydrogen-bond donors (Lipinski definition) is 1. The molecule has 1 aliphatic heterocycles. The molecule has 0 spiro atoms. The molecule has 1 fully saturated rings. The molecule has 0 radical (unpaired) electrons. The van der Waals surface area contributed by atoms with Crippen molar-refractivity contribution in [3.8, 4) is 0 Å². The van der Waals surface area contributed by atoms with Gasteiger partial charge in [-0.15, -0.1) is 0 Å². The molecule has 2 rings (SSSR count). The fourth-order valence-electron chi connectivity index (χ4n) is 2.42. The summed E-state index contributed by atoms with van der Waals surface area (Å²) in [5, 5.41) is 14.4. The summed E-state index contributed by atoms with van der Waals surface area (Å²) in [5.41, 5.74) is 0.977. The summed E-state index contributed by atoms with van der Waals surface area (Å²) in [5.74, 6) is 0.296. The summed E-state index contributed by atoms with van der Waals surface area (Å²) in [7, 11) is 1.59. The van der Waals surface area contributed by atoms with E-state index in [9.17, 15) is 14.9 Å². The smallest absolute Gasteiger partial charge is 0.294 e. The molecule has 0 unspecified atom stereocenters. The van der Waals surface area contributed by atoms with Crippen LogP contribution in [0.5, 0.6) is 0 Å². The summed E-state index contributed by atoms with van der Waals surface area (Å²) in [4.78, 5) is 23.6. The Bertz CT molecular complexity index is 556. The number of ether oxygens (including phenoxy) is 1. The van der Waals surface area contributed by atoms with Crippen LogP contribution in [0.4, 0.5) is 17.1 Å². The van der Waals surface area contributed by atoms with E-state index in [2.05, 4.69) is 5.32 Å². The van der Waals surface area contributed by atoms with Gasteiger partial charge in [-0.25, -0.2) is 0 Å². The molecule has 1 heterocycles. The highest BCUT2D eigenvalue weighted by Gasteiger charge is 2.19. The number of carbonyl (C=O) groups is 1. The SMILES string of the molecule is CC(=O)N(C)c1ccc(NCC2CCOCC2)c([N+](=O)[O-])c1. The van der Waals surface area contributed by atoms with E-state index in [0.717, 1.165) is 26.1 Å². The first kappa shape index (κ1) is 16.2. The molecule has 7 heteroatoms. The van der Waals surface area contributed by atoms with E-state index < -0.39 is 4.92 Å². The van der Waals surface area contributed by atoms with Crippen molar-refractivity contribution in [2.24, 2.45) is 5.92 Å². The van der Waals surface area contributed by atoms with Crippen LogP contribution in [-0.2, 0) is 9.53 Å². The molecule has 1 aromatic rings. The van der Waals surface area contributed by atoms with Crippen LogP contribution in [0.2, 0.25) is 0 Å². The minimum atomic E-state index is -0.427. The lowest BCUT2D eigenvalue weighted by molar-refractivity contribution is -0.383. The summed E-state index contributed by atoms with van der Waals surface area (Å²) >= 11 is 0. The molecule has 22 heavy (non-hydrogen) atoms. The van der Waals surface area contributed by atoms with Gasteiger partial charge in [-0.3, -0.25) is 14.9 Å². The van der Waals surface area contributed by atoms with Crippen LogP contribution in [0.1, 0.15) is 19.8 Å². The van der Waals surface area contributed by atoms with Crippen molar-refractivity contribution in [3.05, 3.63) is 28.3 Å². The Morgan fingerprint density at radius 2 is 2.14 bits per heavy atom. The van der Waals surface area contributed by atoms with Crippen molar-refractivity contribution < 1.29 is 14.5 Å². The van der Waals surface area contributed by atoms with E-state index in [0.29, 0.717) is 23.8 Å². The predicted molar refractivity (Wildman–Crippen MR) is 84.2 cm³/mol. The molecular formula is C15H21N3O4. The minimum absolute atomic E-state index is 0.0161. The lowest BCUT2D eigenvalue weighted by Crippen LogP contribution is -2.24. The van der Waals surface area contributed by atoms with Crippen molar-refractivity contribution in [2.75, 3.05) is 37.0 Å². The third-order valence-corrected chi connectivity index (χ3v) is 3.96. The van der Waals surface area contributed by atoms with Crippen LogP contribution in [-0.4, -0.2) is 37.6 Å². The number of rotatable bonds is 5. The van der Waals surface area contributed by atoms with Crippen LogP contribution in [0.3, 0.4) is 0 Å². The lowest BCUT2D eigenvalue weighted by Gasteiger charge is -2.23. The topological polar surface area (TPSA) is 84.7 Å². The number of carbonyl (C=O) groups excluding carboxylic acids is 1. The maximum Gasteiger partial charge on any atom is 0.294 e. The summed E-state index contributed by atoms with van der Waals surface area (Å²) in [6, 6.07) is 4.79. The second-order valence-electron chi connectivity index (χ2n) is 5.47. The summed E-state index contributed by atoms with van der Waals surface area (Å²) in [6.45, 7) is 3.60. The second kappa shape index (κ2) is 7.22. The van der Waals surface area contributed by atoms with Crippen LogP contribution < -0.4 is 10.2 Å². The molecular weight excluding hydrogens is 286 g/mol. The van der Waals surface area contributed by atoms with Gasteiger partial charge in [-0.1, -0.05) is 0 Å². The van der Waals surface area contributed by atoms with Crippen LogP contribution >= 0.6 is 0 Å². The Morgan fingerprint density at radius 1 is 1.45 bits per heavy atom. The standard InChI is InChI=1S/C15H21N3O4/c1-11(19)17(2)13-3-4-14(15(9-13)18(20)21)16-10-12-5-7-22-8-6-12/h3-4,9,12,16H,5-8,10H2,1-2H3. The van der Waals surface area contributed by atoms with Gasteiger partial charge in [0.15, 0.2) is 0 Å². The zero-order valence-corrected chi connectivity index (χ0v) is 12.9. The number of hydrogen-bond acceptors (Lipinski definition) is 5. The van der Waals surface area contributed by atoms with Crippen molar-refractivity contribution in [2.45, 2.75) is 19.8 Å². The molecule has 1 amide bonds. The zero-order chi connectivity index (χ0) is 16.1. The Kier molecular flexibility index (Phi) is 5.32.